The molecule has 1 aromatic heterocycles. The summed E-state index contributed by atoms with van der Waals surface area (Å²) in [5.74, 6) is -0.900. The van der Waals surface area contributed by atoms with Crippen LogP contribution in [0.5, 0.6) is 0 Å². The lowest BCUT2D eigenvalue weighted by molar-refractivity contribution is 0.0958. The third kappa shape index (κ3) is 2.57. The van der Waals surface area contributed by atoms with Crippen molar-refractivity contribution in [3.05, 3.63) is 83.0 Å². The number of benzene rings is 2. The van der Waals surface area contributed by atoms with Crippen LogP contribution in [-0.4, -0.2) is 27.6 Å². The lowest BCUT2D eigenvalue weighted by Gasteiger charge is -2.36. The van der Waals surface area contributed by atoms with Gasteiger partial charge in [0.2, 0.25) is 0 Å². The van der Waals surface area contributed by atoms with E-state index in [1.165, 1.54) is 30.6 Å². The van der Waals surface area contributed by atoms with Crippen LogP contribution in [0.15, 0.2) is 48.8 Å². The number of aromatic nitrogens is 3. The average molecular weight is 379 g/mol. The van der Waals surface area contributed by atoms with E-state index in [2.05, 4.69) is 25.8 Å². The topological polar surface area (TPSA) is 82.7 Å². The molecular formula is C20H15F2N5O. The van der Waals surface area contributed by atoms with Crippen LogP contribution in [0, 0.1) is 11.6 Å². The highest BCUT2D eigenvalue weighted by atomic mass is 19.1. The van der Waals surface area contributed by atoms with Crippen LogP contribution < -0.4 is 10.6 Å². The summed E-state index contributed by atoms with van der Waals surface area (Å²) in [4.78, 5) is 16.8. The number of aromatic amines is 1. The summed E-state index contributed by atoms with van der Waals surface area (Å²) in [5, 5.41) is 13.0. The van der Waals surface area contributed by atoms with Gasteiger partial charge in [-0.05, 0) is 35.4 Å². The van der Waals surface area contributed by atoms with Crippen molar-refractivity contribution in [2.24, 2.45) is 0 Å². The number of carbonyl (C=O) groups excluding carboxylic acids is 1. The fraction of sp³-hybridized carbons (Fsp3) is 0.150. The minimum absolute atomic E-state index is 0.272. The number of amides is 1. The molecular weight excluding hydrogens is 364 g/mol. The Morgan fingerprint density at radius 2 is 1.89 bits per heavy atom. The summed E-state index contributed by atoms with van der Waals surface area (Å²) in [5.41, 5.74) is 3.09. The van der Waals surface area contributed by atoms with E-state index in [0.717, 1.165) is 11.1 Å². The van der Waals surface area contributed by atoms with Gasteiger partial charge in [0.15, 0.2) is 0 Å². The van der Waals surface area contributed by atoms with Crippen molar-refractivity contribution >= 4 is 17.2 Å². The molecule has 2 unspecified atom stereocenters. The zero-order chi connectivity index (χ0) is 19.3. The summed E-state index contributed by atoms with van der Waals surface area (Å²) in [6.45, 7) is 0.310. The van der Waals surface area contributed by atoms with Gasteiger partial charge in [0, 0.05) is 17.8 Å². The van der Waals surface area contributed by atoms with Crippen molar-refractivity contribution in [1.29, 1.82) is 0 Å². The number of nitrogens with zero attached hydrogens (tertiary/aromatic N) is 2. The third-order valence-corrected chi connectivity index (χ3v) is 5.16. The number of H-pyrrole nitrogens is 1. The maximum atomic E-state index is 14.2. The van der Waals surface area contributed by atoms with Crippen LogP contribution in [-0.2, 0) is 0 Å². The Morgan fingerprint density at radius 1 is 1.07 bits per heavy atom. The minimum Gasteiger partial charge on any atom is -0.377 e. The first kappa shape index (κ1) is 16.6. The van der Waals surface area contributed by atoms with Gasteiger partial charge in [0.1, 0.15) is 23.8 Å². The normalized spacial score (nSPS) is 20.5. The van der Waals surface area contributed by atoms with Gasteiger partial charge in [0.05, 0.1) is 17.5 Å². The zero-order valence-electron chi connectivity index (χ0n) is 14.5. The number of halogens is 2. The molecule has 2 aromatic carbocycles. The molecule has 5 rings (SSSR count). The fourth-order valence-electron chi connectivity index (χ4n) is 3.99. The Morgan fingerprint density at radius 3 is 2.64 bits per heavy atom. The van der Waals surface area contributed by atoms with Crippen LogP contribution in [0.2, 0.25) is 0 Å². The molecule has 0 saturated carbocycles. The van der Waals surface area contributed by atoms with Gasteiger partial charge in [-0.1, -0.05) is 18.2 Å². The molecule has 0 bridgehead atoms. The van der Waals surface area contributed by atoms with E-state index in [1.807, 2.05) is 6.08 Å². The molecule has 140 valence electrons. The molecule has 0 aliphatic carbocycles. The van der Waals surface area contributed by atoms with E-state index in [0.29, 0.717) is 23.6 Å². The summed E-state index contributed by atoms with van der Waals surface area (Å²) in [7, 11) is 0. The Labute approximate surface area is 158 Å². The average Bonchev–Trinajstić information content (AvgIpc) is 3.16. The van der Waals surface area contributed by atoms with Gasteiger partial charge in [-0.15, -0.1) is 0 Å². The van der Waals surface area contributed by atoms with Crippen LogP contribution in [0.25, 0.3) is 5.57 Å². The van der Waals surface area contributed by atoms with Gasteiger partial charge >= 0.3 is 0 Å². The van der Waals surface area contributed by atoms with E-state index in [4.69, 9.17) is 0 Å². The number of rotatable bonds is 2. The molecule has 3 aromatic rings. The van der Waals surface area contributed by atoms with Crippen molar-refractivity contribution in [3.63, 3.8) is 0 Å². The monoisotopic (exact) mass is 379 g/mol. The SMILES string of the molecule is O=C1NCC=C2c3c(cc(F)cc31)NC(c1ccc(F)cc1)C2c1ncn[nH]1. The van der Waals surface area contributed by atoms with E-state index < -0.39 is 5.82 Å². The zero-order valence-corrected chi connectivity index (χ0v) is 14.5. The lowest BCUT2D eigenvalue weighted by atomic mass is 9.77. The predicted octanol–water partition coefficient (Wildman–Crippen LogP) is 3.16. The molecule has 1 amide bonds. The van der Waals surface area contributed by atoms with Gasteiger partial charge < -0.3 is 10.6 Å². The summed E-state index contributed by atoms with van der Waals surface area (Å²) < 4.78 is 27.7. The highest BCUT2D eigenvalue weighted by Gasteiger charge is 2.39. The standard InChI is InChI=1S/C20H15F2N5O/c21-11-3-1-10(2-4-11)18-17(19-24-9-25-27-19)13-5-6-23-20(28)14-7-12(22)8-15(26-18)16(13)14/h1-5,7-9,17-18,26H,6H2,(H,23,28)(H,24,25,27). The summed E-state index contributed by atoms with van der Waals surface area (Å²) in [6.07, 6.45) is 3.33. The number of nitrogens with one attached hydrogen (secondary N) is 3. The number of hydrogen-bond acceptors (Lipinski definition) is 4. The Kier molecular flexibility index (Phi) is 3.71. The molecule has 6 nitrogen and oxygen atoms in total. The third-order valence-electron chi connectivity index (χ3n) is 5.16. The van der Waals surface area contributed by atoms with E-state index in [1.54, 1.807) is 12.1 Å². The first-order valence-electron chi connectivity index (χ1n) is 8.81. The van der Waals surface area contributed by atoms with Gasteiger partial charge in [-0.3, -0.25) is 9.89 Å². The van der Waals surface area contributed by atoms with E-state index >= 15 is 0 Å². The first-order chi connectivity index (χ1) is 13.6. The van der Waals surface area contributed by atoms with Crippen molar-refractivity contribution in [3.8, 4) is 0 Å². The largest absolute Gasteiger partial charge is 0.377 e. The van der Waals surface area contributed by atoms with Gasteiger partial charge in [0.25, 0.3) is 5.91 Å². The highest BCUT2D eigenvalue weighted by Crippen LogP contribution is 2.50. The molecule has 0 spiro atoms. The quantitative estimate of drug-likeness (QED) is 0.639. The summed E-state index contributed by atoms with van der Waals surface area (Å²) >= 11 is 0. The molecule has 28 heavy (non-hydrogen) atoms. The molecule has 0 fully saturated rings. The van der Waals surface area contributed by atoms with E-state index in [9.17, 15) is 13.6 Å². The second kappa shape index (κ2) is 6.26. The first-order valence-corrected chi connectivity index (χ1v) is 8.81. The molecule has 2 atom stereocenters. The fourth-order valence-corrected chi connectivity index (χ4v) is 3.99. The maximum Gasteiger partial charge on any atom is 0.252 e. The number of carbonyl (C=O) groups is 1. The second-order valence-corrected chi connectivity index (χ2v) is 6.77. The number of anilines is 1. The Bertz CT molecular complexity index is 1090. The van der Waals surface area contributed by atoms with Crippen LogP contribution >= 0.6 is 0 Å². The predicted molar refractivity (Wildman–Crippen MR) is 98.6 cm³/mol. The second-order valence-electron chi connectivity index (χ2n) is 6.77. The van der Waals surface area contributed by atoms with E-state index in [-0.39, 0.29) is 29.2 Å². The van der Waals surface area contributed by atoms with Crippen molar-refractivity contribution < 1.29 is 13.6 Å². The Balaban J connectivity index is 1.76. The highest BCUT2D eigenvalue weighted by molar-refractivity contribution is 6.04. The minimum atomic E-state index is -0.506. The molecule has 0 saturated heterocycles. The van der Waals surface area contributed by atoms with Gasteiger partial charge in [-0.25, -0.2) is 13.8 Å². The smallest absolute Gasteiger partial charge is 0.252 e. The molecule has 0 radical (unpaired) electrons. The molecule has 3 N–H and O–H groups in total. The Hall–Kier alpha value is -3.55. The van der Waals surface area contributed by atoms with Crippen molar-refractivity contribution in [2.45, 2.75) is 12.0 Å². The molecule has 2 aliphatic heterocycles. The van der Waals surface area contributed by atoms with Crippen LogP contribution in [0.1, 0.15) is 39.3 Å². The number of hydrogen-bond donors (Lipinski definition) is 3. The molecule has 2 aliphatic rings. The van der Waals surface area contributed by atoms with Crippen molar-refractivity contribution in [1.82, 2.24) is 20.5 Å². The van der Waals surface area contributed by atoms with Crippen molar-refractivity contribution in [2.75, 3.05) is 11.9 Å². The van der Waals surface area contributed by atoms with Gasteiger partial charge in [-0.2, -0.15) is 5.10 Å². The molecule has 8 heteroatoms. The summed E-state index contributed by atoms with van der Waals surface area (Å²) in [6, 6.07) is 8.39. The van der Waals surface area contributed by atoms with Crippen LogP contribution in [0.4, 0.5) is 14.5 Å². The molecule has 3 heterocycles. The van der Waals surface area contributed by atoms with Crippen LogP contribution in [0.3, 0.4) is 0 Å². The maximum absolute atomic E-state index is 14.2. The lowest BCUT2D eigenvalue weighted by Crippen LogP contribution is -2.28.